The molecule has 2 N–H and O–H groups in total. The van der Waals surface area contributed by atoms with Crippen LogP contribution in [0, 0.1) is 0 Å². The number of ether oxygens (including phenoxy) is 4. The van der Waals surface area contributed by atoms with Gasteiger partial charge in [0.1, 0.15) is 22.7 Å². The highest BCUT2D eigenvalue weighted by Gasteiger charge is 2.25. The summed E-state index contributed by atoms with van der Waals surface area (Å²) in [7, 11) is 3.17. The summed E-state index contributed by atoms with van der Waals surface area (Å²) in [6, 6.07) is 11.3. The first-order valence-corrected chi connectivity index (χ1v) is 14.4. The van der Waals surface area contributed by atoms with Crippen LogP contribution in [-0.4, -0.2) is 57.2 Å². The second kappa shape index (κ2) is 12.9. The molecule has 0 atom stereocenters. The molecular formula is C30H38N6O6S. The molecule has 0 aliphatic carbocycles. The zero-order valence-corrected chi connectivity index (χ0v) is 26.5. The van der Waals surface area contributed by atoms with Crippen LogP contribution in [0.5, 0.6) is 11.5 Å². The van der Waals surface area contributed by atoms with E-state index in [0.717, 1.165) is 16.0 Å². The summed E-state index contributed by atoms with van der Waals surface area (Å²) in [5.41, 5.74) is 0.812. The number of aromatic nitrogens is 4. The SMILES string of the molecule is COc1ccccc1SNc1nn(C(=O)OC(C)(C)C)c2cc(Cn3cc(CNC(=O)OC(C)(C)C)cn3)cc(OC)c12. The number of methoxy groups -OCH3 is 2. The molecule has 2 aromatic carbocycles. The fourth-order valence-electron chi connectivity index (χ4n) is 4.10. The van der Waals surface area contributed by atoms with Gasteiger partial charge in [-0.15, -0.1) is 5.10 Å². The predicted molar refractivity (Wildman–Crippen MR) is 165 cm³/mol. The summed E-state index contributed by atoms with van der Waals surface area (Å²) in [5.74, 6) is 1.64. The van der Waals surface area contributed by atoms with Gasteiger partial charge < -0.3 is 29.0 Å². The molecule has 2 aromatic heterocycles. The van der Waals surface area contributed by atoms with E-state index in [1.165, 1.54) is 16.6 Å². The highest BCUT2D eigenvalue weighted by molar-refractivity contribution is 8.00. The molecule has 0 spiro atoms. The Bertz CT molecular complexity index is 1600. The molecule has 1 amide bonds. The van der Waals surface area contributed by atoms with Crippen molar-refractivity contribution in [1.82, 2.24) is 24.9 Å². The van der Waals surface area contributed by atoms with Gasteiger partial charge in [0.15, 0.2) is 5.82 Å². The van der Waals surface area contributed by atoms with E-state index in [1.54, 1.807) is 45.9 Å². The molecule has 43 heavy (non-hydrogen) atoms. The van der Waals surface area contributed by atoms with Gasteiger partial charge in [-0.25, -0.2) is 9.59 Å². The zero-order valence-electron chi connectivity index (χ0n) is 25.7. The number of alkyl carbamates (subject to hydrolysis) is 1. The van der Waals surface area contributed by atoms with Gasteiger partial charge in [-0.3, -0.25) is 4.68 Å². The van der Waals surface area contributed by atoms with Crippen LogP contribution in [0.25, 0.3) is 10.9 Å². The van der Waals surface area contributed by atoms with Crippen molar-refractivity contribution in [3.8, 4) is 11.5 Å². The Labute approximate surface area is 255 Å². The average molecular weight is 611 g/mol. The molecular weight excluding hydrogens is 572 g/mol. The third-order valence-electron chi connectivity index (χ3n) is 5.79. The van der Waals surface area contributed by atoms with E-state index in [0.29, 0.717) is 34.8 Å². The molecule has 0 aliphatic rings. The van der Waals surface area contributed by atoms with Crippen LogP contribution >= 0.6 is 11.9 Å². The lowest BCUT2D eigenvalue weighted by Crippen LogP contribution is -2.32. The third kappa shape index (κ3) is 8.34. The number of hydrogen-bond acceptors (Lipinski definition) is 10. The lowest BCUT2D eigenvalue weighted by atomic mass is 10.1. The Hall–Kier alpha value is -4.39. The maximum Gasteiger partial charge on any atom is 0.435 e. The van der Waals surface area contributed by atoms with E-state index in [-0.39, 0.29) is 6.54 Å². The number of para-hydroxylation sites is 1. The Kier molecular flexibility index (Phi) is 9.43. The first-order chi connectivity index (χ1) is 20.3. The molecule has 0 unspecified atom stereocenters. The maximum atomic E-state index is 13.3. The van der Waals surface area contributed by atoms with E-state index in [2.05, 4.69) is 20.2 Å². The van der Waals surface area contributed by atoms with Crippen molar-refractivity contribution in [3.63, 3.8) is 0 Å². The lowest BCUT2D eigenvalue weighted by Gasteiger charge is -2.19. The number of carbonyl (C=O) groups excluding carboxylic acids is 2. The second-order valence-corrected chi connectivity index (χ2v) is 12.5. The van der Waals surface area contributed by atoms with Gasteiger partial charge in [0.2, 0.25) is 0 Å². The van der Waals surface area contributed by atoms with E-state index in [9.17, 15) is 9.59 Å². The monoisotopic (exact) mass is 610 g/mol. The molecule has 4 rings (SSSR count). The molecule has 0 saturated heterocycles. The van der Waals surface area contributed by atoms with Crippen LogP contribution in [0.3, 0.4) is 0 Å². The van der Waals surface area contributed by atoms with E-state index in [1.807, 2.05) is 63.4 Å². The van der Waals surface area contributed by atoms with Gasteiger partial charge in [-0.05, 0) is 83.3 Å². The van der Waals surface area contributed by atoms with Gasteiger partial charge in [-0.1, -0.05) is 12.1 Å². The summed E-state index contributed by atoms with van der Waals surface area (Å²) >= 11 is 1.30. The molecule has 12 nitrogen and oxygen atoms in total. The van der Waals surface area contributed by atoms with Crippen molar-refractivity contribution in [2.24, 2.45) is 0 Å². The number of amides is 1. The molecule has 0 saturated carbocycles. The normalized spacial score (nSPS) is 11.7. The standard InChI is InChI=1S/C30H38N6O6S/c1-29(2,3)41-27(37)31-15-20-16-32-35(18-20)17-19-13-21-25(23(14-19)40-8)26(33-36(21)28(38)42-30(4,5)6)34-43-24-12-10-9-11-22(24)39-7/h9-14,16,18H,15,17H2,1-8H3,(H,31,37)(H,33,34). The van der Waals surface area contributed by atoms with Crippen LogP contribution < -0.4 is 19.5 Å². The quantitative estimate of drug-likeness (QED) is 0.210. The van der Waals surface area contributed by atoms with Gasteiger partial charge in [0.25, 0.3) is 0 Å². The minimum atomic E-state index is -0.727. The third-order valence-corrected chi connectivity index (χ3v) is 6.64. The number of nitrogens with one attached hydrogen (secondary N) is 2. The highest BCUT2D eigenvalue weighted by atomic mass is 32.2. The summed E-state index contributed by atoms with van der Waals surface area (Å²) in [6.07, 6.45) is 2.38. The molecule has 0 aliphatic heterocycles. The molecule has 13 heteroatoms. The summed E-state index contributed by atoms with van der Waals surface area (Å²) in [4.78, 5) is 26.1. The van der Waals surface area contributed by atoms with Gasteiger partial charge in [0.05, 0.1) is 42.8 Å². The fourth-order valence-corrected chi connectivity index (χ4v) is 4.85. The van der Waals surface area contributed by atoms with Crippen LogP contribution in [0.4, 0.5) is 15.4 Å². The van der Waals surface area contributed by atoms with E-state index in [4.69, 9.17) is 18.9 Å². The molecule has 0 bridgehead atoms. The minimum Gasteiger partial charge on any atom is -0.496 e. The fraction of sp³-hybridized carbons (Fsp3) is 0.400. The van der Waals surface area contributed by atoms with Crippen molar-refractivity contribution in [3.05, 3.63) is 59.9 Å². The number of rotatable bonds is 9. The Balaban J connectivity index is 1.64. The highest BCUT2D eigenvalue weighted by Crippen LogP contribution is 2.37. The topological polar surface area (TPSA) is 131 Å². The van der Waals surface area contributed by atoms with Crippen LogP contribution in [0.1, 0.15) is 52.7 Å². The predicted octanol–water partition coefficient (Wildman–Crippen LogP) is 6.23. The zero-order chi connectivity index (χ0) is 31.4. The first-order valence-electron chi connectivity index (χ1n) is 13.6. The largest absolute Gasteiger partial charge is 0.496 e. The van der Waals surface area contributed by atoms with Crippen molar-refractivity contribution in [2.45, 2.75) is 70.7 Å². The Morgan fingerprint density at radius 2 is 1.63 bits per heavy atom. The van der Waals surface area contributed by atoms with Gasteiger partial charge in [-0.2, -0.15) is 9.78 Å². The number of hydrogen-bond donors (Lipinski definition) is 2. The van der Waals surface area contributed by atoms with Crippen molar-refractivity contribution in [2.75, 3.05) is 18.9 Å². The van der Waals surface area contributed by atoms with Crippen LogP contribution in [0.2, 0.25) is 0 Å². The van der Waals surface area contributed by atoms with Crippen LogP contribution in [0.15, 0.2) is 53.7 Å². The molecule has 4 aromatic rings. The van der Waals surface area contributed by atoms with E-state index >= 15 is 0 Å². The number of fused-ring (bicyclic) bond motifs is 1. The average Bonchev–Trinajstić information content (AvgIpc) is 3.53. The lowest BCUT2D eigenvalue weighted by molar-refractivity contribution is 0.0512. The second-order valence-electron chi connectivity index (χ2n) is 11.7. The Morgan fingerprint density at radius 1 is 0.930 bits per heavy atom. The number of nitrogens with zero attached hydrogens (tertiary/aromatic N) is 4. The molecule has 0 radical (unpaired) electrons. The number of anilines is 1. The number of benzene rings is 2. The van der Waals surface area contributed by atoms with Gasteiger partial charge in [0, 0.05) is 18.3 Å². The number of carbonyl (C=O) groups is 2. The van der Waals surface area contributed by atoms with Crippen molar-refractivity contribution >= 4 is 40.9 Å². The molecule has 2 heterocycles. The molecule has 0 fully saturated rings. The van der Waals surface area contributed by atoms with Crippen molar-refractivity contribution < 1.29 is 28.5 Å². The van der Waals surface area contributed by atoms with Crippen LogP contribution in [-0.2, 0) is 22.6 Å². The first kappa shape index (κ1) is 31.5. The maximum absolute atomic E-state index is 13.3. The summed E-state index contributed by atoms with van der Waals surface area (Å²) in [6.45, 7) is 11.5. The van der Waals surface area contributed by atoms with Crippen molar-refractivity contribution in [1.29, 1.82) is 0 Å². The molecule has 230 valence electrons. The summed E-state index contributed by atoms with van der Waals surface area (Å²) in [5, 5.41) is 12.4. The van der Waals surface area contributed by atoms with Gasteiger partial charge >= 0.3 is 12.2 Å². The summed E-state index contributed by atoms with van der Waals surface area (Å²) < 4.78 is 28.4. The Morgan fingerprint density at radius 3 is 2.30 bits per heavy atom. The van der Waals surface area contributed by atoms with E-state index < -0.39 is 23.4 Å². The smallest absolute Gasteiger partial charge is 0.435 e. The minimum absolute atomic E-state index is 0.265.